The summed E-state index contributed by atoms with van der Waals surface area (Å²) in [7, 11) is 0. The largest absolute Gasteiger partial charge is 0.409 e. The molecule has 0 aliphatic carbocycles. The minimum atomic E-state index is -2.08. The van der Waals surface area contributed by atoms with Crippen LogP contribution >= 0.6 is 0 Å². The molecule has 0 fully saturated rings. The van der Waals surface area contributed by atoms with E-state index in [2.05, 4.69) is 0 Å². The van der Waals surface area contributed by atoms with E-state index in [4.69, 9.17) is 20.4 Å². The van der Waals surface area contributed by atoms with Gasteiger partial charge in [-0.3, -0.25) is 4.79 Å². The van der Waals surface area contributed by atoms with Gasteiger partial charge in [0.15, 0.2) is 6.10 Å². The molecule has 7 heteroatoms. The predicted molar refractivity (Wildman–Crippen MR) is 35.2 cm³/mol. The van der Waals surface area contributed by atoms with Crippen molar-refractivity contribution >= 4 is 6.29 Å². The van der Waals surface area contributed by atoms with E-state index in [1.165, 1.54) is 0 Å². The van der Waals surface area contributed by atoms with Gasteiger partial charge in [-0.25, -0.2) is 0 Å². The van der Waals surface area contributed by atoms with Crippen LogP contribution in [0.25, 0.3) is 0 Å². The highest BCUT2D eigenvalue weighted by molar-refractivity contribution is 5.57. The molecule has 0 aromatic carbocycles. The van der Waals surface area contributed by atoms with Gasteiger partial charge in [-0.2, -0.15) is 0 Å². The molecule has 0 aromatic rings. The molecule has 4 atom stereocenters. The summed E-state index contributed by atoms with van der Waals surface area (Å²) >= 11 is 0. The van der Waals surface area contributed by atoms with Crippen LogP contribution in [0.3, 0.4) is 0 Å². The van der Waals surface area contributed by atoms with Gasteiger partial charge in [-0.05, 0) is 0 Å². The Bertz CT molecular complexity index is 144. The zero-order valence-corrected chi connectivity index (χ0v) is 5.86. The zero-order valence-electron chi connectivity index (χ0n) is 5.86. The van der Waals surface area contributed by atoms with Crippen LogP contribution in [0.1, 0.15) is 0 Å². The molecule has 0 amide bonds. The first-order valence-electron chi connectivity index (χ1n) is 2.97. The van der Waals surface area contributed by atoms with Gasteiger partial charge in [0, 0.05) is 0 Å². The summed E-state index contributed by atoms with van der Waals surface area (Å²) in [4.78, 5) is 19.3. The van der Waals surface area contributed by atoms with Crippen molar-refractivity contribution in [2.24, 2.45) is 0 Å². The first-order chi connectivity index (χ1) is 5.54. The molecule has 12 heavy (non-hydrogen) atoms. The maximum Gasteiger partial charge on any atom is 0.409 e. The van der Waals surface area contributed by atoms with Crippen molar-refractivity contribution in [1.29, 1.82) is 0 Å². The molecule has 0 saturated heterocycles. The molecule has 4 N–H and O–H groups in total. The van der Waals surface area contributed by atoms with E-state index in [0.29, 0.717) is 0 Å². The first kappa shape index (κ1) is 11.1. The summed E-state index contributed by atoms with van der Waals surface area (Å²) in [6.07, 6.45) is -7.07. The summed E-state index contributed by atoms with van der Waals surface area (Å²) in [5.74, 6) is 0. The number of carbonyl (C=O) groups excluding carboxylic acids is 1. The third-order valence-corrected chi connectivity index (χ3v) is 1.21. The summed E-state index contributed by atoms with van der Waals surface area (Å²) in [5, 5.41) is 36.6. The van der Waals surface area contributed by atoms with E-state index >= 15 is 0 Å². The van der Waals surface area contributed by atoms with Gasteiger partial charge in [0.1, 0.15) is 17.1 Å². The Labute approximate surface area is 67.2 Å². The van der Waals surface area contributed by atoms with Gasteiger partial charge in [0.05, 0.1) is 0 Å². The second-order valence-corrected chi connectivity index (χ2v) is 2.06. The number of hydrogen-bond acceptors (Lipinski definition) is 7. The fraction of sp³-hybridized carbons (Fsp3) is 0.800. The maximum atomic E-state index is 9.73. The molecule has 0 aliphatic heterocycles. The normalized spacial score (nSPS) is 20.7. The van der Waals surface area contributed by atoms with E-state index < -0.39 is 24.5 Å². The quantitative estimate of drug-likeness (QED) is 0.347. The standard InChI is InChI=1S/C5H8NO6/c7-1-2(8)3(9)4(10)5(11)6-12/h2-5,8-11H/q+1/t2-,3+,4-,5+/m1/s1. The molecule has 0 aliphatic rings. The van der Waals surface area contributed by atoms with Crippen LogP contribution < -0.4 is 5.18 Å². The number of aliphatic hydroxyl groups is 4. The van der Waals surface area contributed by atoms with Crippen molar-refractivity contribution in [3.63, 3.8) is 0 Å². The van der Waals surface area contributed by atoms with Crippen LogP contribution in [0.5, 0.6) is 0 Å². The Morgan fingerprint density at radius 1 is 1.08 bits per heavy atom. The lowest BCUT2D eigenvalue weighted by molar-refractivity contribution is -0.0920. The van der Waals surface area contributed by atoms with Gasteiger partial charge in [-0.15, -0.1) is 0 Å². The fourth-order valence-electron chi connectivity index (χ4n) is 0.495. The minimum Gasteiger partial charge on any atom is -0.387 e. The van der Waals surface area contributed by atoms with Gasteiger partial charge in [0.2, 0.25) is 6.29 Å². The third kappa shape index (κ3) is 2.62. The zero-order chi connectivity index (χ0) is 9.72. The highest BCUT2D eigenvalue weighted by atomic mass is 16.4. The van der Waals surface area contributed by atoms with E-state index in [-0.39, 0.29) is 0 Å². The lowest BCUT2D eigenvalue weighted by atomic mass is 10.1. The average molecular weight is 178 g/mol. The fourth-order valence-corrected chi connectivity index (χ4v) is 0.495. The molecule has 0 saturated carbocycles. The molecule has 2 radical (unpaired) electrons. The van der Waals surface area contributed by atoms with Crippen molar-refractivity contribution in [3.05, 3.63) is 4.91 Å². The Hall–Kier alpha value is -0.890. The molecule has 0 spiro atoms. The number of rotatable bonds is 5. The van der Waals surface area contributed by atoms with E-state index in [9.17, 15) is 9.70 Å². The van der Waals surface area contributed by atoms with Crippen molar-refractivity contribution in [1.82, 2.24) is 5.18 Å². The smallest absolute Gasteiger partial charge is 0.387 e. The van der Waals surface area contributed by atoms with E-state index in [1.54, 1.807) is 0 Å². The van der Waals surface area contributed by atoms with Crippen LogP contribution in [0, 0.1) is 4.91 Å². The molecule has 0 heterocycles. The summed E-state index contributed by atoms with van der Waals surface area (Å²) in [6, 6.07) is 0. The van der Waals surface area contributed by atoms with Crippen molar-refractivity contribution in [2.45, 2.75) is 24.5 Å². The first-order valence-corrected chi connectivity index (χ1v) is 2.97. The van der Waals surface area contributed by atoms with Gasteiger partial charge < -0.3 is 20.4 Å². The van der Waals surface area contributed by atoms with E-state index in [0.717, 1.165) is 6.29 Å². The molecule has 0 rings (SSSR count). The molecular weight excluding hydrogens is 170 g/mol. The number of aliphatic hydroxyl groups excluding tert-OH is 4. The van der Waals surface area contributed by atoms with Crippen molar-refractivity contribution in [2.75, 3.05) is 0 Å². The average Bonchev–Trinajstić information content (AvgIpc) is 2.12. The lowest BCUT2D eigenvalue weighted by Crippen LogP contribution is -2.46. The van der Waals surface area contributed by atoms with E-state index in [1.807, 2.05) is 5.18 Å². The Balaban J connectivity index is 4.16. The van der Waals surface area contributed by atoms with Crippen LogP contribution in [-0.4, -0.2) is 51.3 Å². The highest BCUT2D eigenvalue weighted by Crippen LogP contribution is 2.01. The molecule has 0 unspecified atom stereocenters. The third-order valence-electron chi connectivity index (χ3n) is 1.21. The monoisotopic (exact) mass is 178 g/mol. The number of hydrogen-bond donors (Lipinski definition) is 4. The second kappa shape index (κ2) is 4.88. The number of nitroso groups, excluding NO2 is 1. The van der Waals surface area contributed by atoms with Crippen LogP contribution in [0.4, 0.5) is 0 Å². The predicted octanol–water partition coefficient (Wildman–Crippen LogP) is -3.40. The second-order valence-electron chi connectivity index (χ2n) is 2.06. The molecule has 0 bridgehead atoms. The highest BCUT2D eigenvalue weighted by Gasteiger charge is 2.38. The molecule has 68 valence electrons. The maximum absolute atomic E-state index is 9.73. The van der Waals surface area contributed by atoms with Crippen molar-refractivity contribution in [3.8, 4) is 0 Å². The van der Waals surface area contributed by atoms with Crippen LogP contribution in [-0.2, 0) is 4.79 Å². The topological polar surface area (TPSA) is 129 Å². The van der Waals surface area contributed by atoms with Gasteiger partial charge >= 0.3 is 11.4 Å². The Morgan fingerprint density at radius 3 is 1.92 bits per heavy atom. The molecule has 0 aromatic heterocycles. The minimum absolute atomic E-state index is 0.965. The van der Waals surface area contributed by atoms with Gasteiger partial charge in [0.25, 0.3) is 0 Å². The van der Waals surface area contributed by atoms with Gasteiger partial charge in [-0.1, -0.05) is 0 Å². The Kier molecular flexibility index (Phi) is 4.52. The molecule has 7 nitrogen and oxygen atoms in total. The SMILES string of the molecule is O=[C][C@@H](O)[C@H](O)[C@@H](O)[C@H](O)[N+]=O. The summed E-state index contributed by atoms with van der Waals surface area (Å²) < 4.78 is 0. The lowest BCUT2D eigenvalue weighted by Gasteiger charge is -2.14. The van der Waals surface area contributed by atoms with Crippen LogP contribution in [0.15, 0.2) is 0 Å². The van der Waals surface area contributed by atoms with Crippen molar-refractivity contribution < 1.29 is 25.2 Å². The summed E-state index contributed by atoms with van der Waals surface area (Å²) in [6.45, 7) is 0. The molecular formula is C5H8NO6+. The van der Waals surface area contributed by atoms with Crippen LogP contribution in [0.2, 0.25) is 0 Å². The summed E-state index contributed by atoms with van der Waals surface area (Å²) in [5.41, 5.74) is 0. The Morgan fingerprint density at radius 2 is 1.58 bits per heavy atom. The number of nitrogens with zero attached hydrogens (tertiary/aromatic N) is 1.